The van der Waals surface area contributed by atoms with Crippen LogP contribution in [0.4, 0.5) is 0 Å². The van der Waals surface area contributed by atoms with Gasteiger partial charge in [-0.05, 0) is 70.6 Å². The van der Waals surface area contributed by atoms with Crippen molar-refractivity contribution in [1.29, 1.82) is 0 Å². The number of unbranched alkanes of at least 4 members (excludes halogenated alkanes) is 20. The molecule has 0 aromatic rings. The third kappa shape index (κ3) is 32.7. The van der Waals surface area contributed by atoms with E-state index in [1.807, 2.05) is 0 Å². The van der Waals surface area contributed by atoms with Crippen molar-refractivity contribution in [2.75, 3.05) is 6.61 Å². The van der Waals surface area contributed by atoms with Gasteiger partial charge >= 0.3 is 5.97 Å². The zero-order chi connectivity index (χ0) is 27.6. The highest BCUT2D eigenvalue weighted by atomic mass is 16.5. The maximum absolute atomic E-state index is 11.9. The van der Waals surface area contributed by atoms with E-state index in [1.165, 1.54) is 135 Å². The van der Waals surface area contributed by atoms with Gasteiger partial charge in [-0.1, -0.05) is 140 Å². The third-order valence-electron chi connectivity index (χ3n) is 7.25. The van der Waals surface area contributed by atoms with Crippen molar-refractivity contribution in [2.45, 2.75) is 181 Å². The number of hydrogen-bond donors (Lipinski definition) is 0. The molecular weight excluding hydrogens is 464 g/mol. The lowest BCUT2D eigenvalue weighted by atomic mass is 10.1. The van der Waals surface area contributed by atoms with Gasteiger partial charge in [0.05, 0.1) is 6.61 Å². The molecule has 0 bridgehead atoms. The summed E-state index contributed by atoms with van der Waals surface area (Å²) in [5.41, 5.74) is 0. The van der Waals surface area contributed by atoms with E-state index in [4.69, 9.17) is 4.74 Å². The van der Waals surface area contributed by atoms with Gasteiger partial charge in [0.25, 0.3) is 0 Å². The Balaban J connectivity index is 3.26. The van der Waals surface area contributed by atoms with Crippen LogP contribution in [0.5, 0.6) is 0 Å². The standard InChI is InChI=1S/C36H66O2/c1-3-5-7-9-11-13-15-17-19-21-23-25-27-29-31-33-35-38-36(37)34-32-30-28-26-24-22-20-18-16-14-12-10-8-6-4-2/h12,14,17-20H,3-11,13,15-16,21-35H2,1-2H3/b14-12+,19-17+,20-18+. The molecule has 0 unspecified atom stereocenters. The molecule has 0 spiro atoms. The van der Waals surface area contributed by atoms with E-state index in [2.05, 4.69) is 50.3 Å². The monoisotopic (exact) mass is 531 g/mol. The van der Waals surface area contributed by atoms with E-state index in [0.29, 0.717) is 13.0 Å². The zero-order valence-electron chi connectivity index (χ0n) is 25.9. The molecule has 0 aliphatic rings. The first kappa shape index (κ1) is 36.7. The zero-order valence-corrected chi connectivity index (χ0v) is 25.9. The molecular formula is C36H66O2. The predicted molar refractivity (Wildman–Crippen MR) is 170 cm³/mol. The lowest BCUT2D eigenvalue weighted by molar-refractivity contribution is -0.143. The summed E-state index contributed by atoms with van der Waals surface area (Å²) in [6, 6.07) is 0. The minimum absolute atomic E-state index is 0.00317. The SMILES string of the molecule is CCCCC/C=C/C/C=C/CCCCCCCC(=O)OCCCCCCCC/C=C/CCCCCCCC. The van der Waals surface area contributed by atoms with Crippen LogP contribution >= 0.6 is 0 Å². The summed E-state index contributed by atoms with van der Waals surface area (Å²) in [5, 5.41) is 0. The van der Waals surface area contributed by atoms with Gasteiger partial charge in [0.1, 0.15) is 0 Å². The largest absolute Gasteiger partial charge is 0.466 e. The normalized spacial score (nSPS) is 11.9. The fourth-order valence-electron chi connectivity index (χ4n) is 4.69. The van der Waals surface area contributed by atoms with Crippen LogP contribution in [-0.4, -0.2) is 12.6 Å². The fraction of sp³-hybridized carbons (Fsp3) is 0.806. The van der Waals surface area contributed by atoms with Crippen molar-refractivity contribution >= 4 is 5.97 Å². The summed E-state index contributed by atoms with van der Waals surface area (Å²) in [4.78, 5) is 11.9. The van der Waals surface area contributed by atoms with Crippen LogP contribution in [-0.2, 0) is 9.53 Å². The van der Waals surface area contributed by atoms with Crippen LogP contribution in [0.1, 0.15) is 181 Å². The smallest absolute Gasteiger partial charge is 0.305 e. The van der Waals surface area contributed by atoms with Gasteiger partial charge in [0.2, 0.25) is 0 Å². The number of rotatable bonds is 30. The van der Waals surface area contributed by atoms with Crippen molar-refractivity contribution in [3.05, 3.63) is 36.5 Å². The highest BCUT2D eigenvalue weighted by molar-refractivity contribution is 5.69. The minimum atomic E-state index is 0.00317. The predicted octanol–water partition coefficient (Wildman–Crippen LogP) is 12.4. The molecule has 0 atom stereocenters. The Kier molecular flexibility index (Phi) is 32.6. The molecule has 0 N–H and O–H groups in total. The summed E-state index contributed by atoms with van der Waals surface area (Å²) in [6.07, 6.45) is 46.2. The number of hydrogen-bond acceptors (Lipinski definition) is 2. The molecule has 0 heterocycles. The van der Waals surface area contributed by atoms with E-state index in [0.717, 1.165) is 25.7 Å². The Labute approximate surface area is 239 Å². The van der Waals surface area contributed by atoms with E-state index in [9.17, 15) is 4.79 Å². The minimum Gasteiger partial charge on any atom is -0.466 e. The van der Waals surface area contributed by atoms with Crippen LogP contribution in [0.3, 0.4) is 0 Å². The van der Waals surface area contributed by atoms with Gasteiger partial charge in [0.15, 0.2) is 0 Å². The lowest BCUT2D eigenvalue weighted by Gasteiger charge is -2.05. The van der Waals surface area contributed by atoms with Crippen molar-refractivity contribution in [2.24, 2.45) is 0 Å². The van der Waals surface area contributed by atoms with Crippen molar-refractivity contribution < 1.29 is 9.53 Å². The van der Waals surface area contributed by atoms with Crippen LogP contribution < -0.4 is 0 Å². The molecule has 0 fully saturated rings. The first-order chi connectivity index (χ1) is 18.8. The lowest BCUT2D eigenvalue weighted by Crippen LogP contribution is -2.05. The van der Waals surface area contributed by atoms with Gasteiger partial charge < -0.3 is 4.74 Å². The topological polar surface area (TPSA) is 26.3 Å². The van der Waals surface area contributed by atoms with E-state index in [-0.39, 0.29) is 5.97 Å². The van der Waals surface area contributed by atoms with Crippen molar-refractivity contribution in [1.82, 2.24) is 0 Å². The summed E-state index contributed by atoms with van der Waals surface area (Å²) < 4.78 is 5.42. The summed E-state index contributed by atoms with van der Waals surface area (Å²) in [6.45, 7) is 5.14. The molecule has 0 radical (unpaired) electrons. The van der Waals surface area contributed by atoms with Crippen LogP contribution in [0.15, 0.2) is 36.5 Å². The Morgan fingerprint density at radius 3 is 1.34 bits per heavy atom. The van der Waals surface area contributed by atoms with E-state index < -0.39 is 0 Å². The van der Waals surface area contributed by atoms with Gasteiger partial charge in [-0.25, -0.2) is 0 Å². The summed E-state index contributed by atoms with van der Waals surface area (Å²) in [7, 11) is 0. The summed E-state index contributed by atoms with van der Waals surface area (Å²) >= 11 is 0. The maximum atomic E-state index is 11.9. The first-order valence-electron chi connectivity index (χ1n) is 16.9. The third-order valence-corrected chi connectivity index (χ3v) is 7.25. The Bertz CT molecular complexity index is 546. The molecule has 0 aliphatic carbocycles. The molecule has 222 valence electrons. The number of carbonyl (C=O) groups excluding carboxylic acids is 1. The molecule has 0 saturated heterocycles. The van der Waals surface area contributed by atoms with E-state index >= 15 is 0 Å². The molecule has 0 aromatic carbocycles. The number of allylic oxidation sites excluding steroid dienone is 6. The second kappa shape index (κ2) is 33.7. The first-order valence-corrected chi connectivity index (χ1v) is 16.9. The molecule has 0 amide bonds. The van der Waals surface area contributed by atoms with Gasteiger partial charge in [0, 0.05) is 6.42 Å². The molecule has 0 aliphatic heterocycles. The van der Waals surface area contributed by atoms with Crippen LogP contribution in [0.25, 0.3) is 0 Å². The molecule has 38 heavy (non-hydrogen) atoms. The molecule has 0 rings (SSSR count). The highest BCUT2D eigenvalue weighted by Gasteiger charge is 2.02. The van der Waals surface area contributed by atoms with Crippen molar-refractivity contribution in [3.8, 4) is 0 Å². The molecule has 2 nitrogen and oxygen atoms in total. The van der Waals surface area contributed by atoms with Crippen LogP contribution in [0, 0.1) is 0 Å². The Morgan fingerprint density at radius 1 is 0.447 bits per heavy atom. The summed E-state index contributed by atoms with van der Waals surface area (Å²) in [5.74, 6) is 0.00317. The van der Waals surface area contributed by atoms with Gasteiger partial charge in [-0.2, -0.15) is 0 Å². The molecule has 0 aromatic heterocycles. The number of esters is 1. The average Bonchev–Trinajstić information content (AvgIpc) is 2.92. The Morgan fingerprint density at radius 2 is 0.816 bits per heavy atom. The Hall–Kier alpha value is -1.31. The quantitative estimate of drug-likeness (QED) is 0.0524. The highest BCUT2D eigenvalue weighted by Crippen LogP contribution is 2.11. The second-order valence-corrected chi connectivity index (χ2v) is 11.1. The van der Waals surface area contributed by atoms with Gasteiger partial charge in [-0.15, -0.1) is 0 Å². The van der Waals surface area contributed by atoms with E-state index in [1.54, 1.807) is 0 Å². The maximum Gasteiger partial charge on any atom is 0.305 e. The van der Waals surface area contributed by atoms with Crippen LogP contribution in [0.2, 0.25) is 0 Å². The van der Waals surface area contributed by atoms with Gasteiger partial charge in [-0.3, -0.25) is 4.79 Å². The van der Waals surface area contributed by atoms with Crippen molar-refractivity contribution in [3.63, 3.8) is 0 Å². The average molecular weight is 531 g/mol. The second-order valence-electron chi connectivity index (χ2n) is 11.1. The fourth-order valence-corrected chi connectivity index (χ4v) is 4.69. The molecule has 2 heteroatoms. The molecule has 0 saturated carbocycles. The number of carbonyl (C=O) groups is 1. The number of ether oxygens (including phenoxy) is 1.